The summed E-state index contributed by atoms with van der Waals surface area (Å²) in [6.07, 6.45) is 1.14. The van der Waals surface area contributed by atoms with Crippen LogP contribution in [0.4, 0.5) is 4.39 Å². The second kappa shape index (κ2) is 3.53. The van der Waals surface area contributed by atoms with E-state index in [2.05, 4.69) is 9.97 Å². The molecule has 0 unspecified atom stereocenters. The van der Waals surface area contributed by atoms with Crippen LogP contribution < -0.4 is 0 Å². The zero-order valence-electron chi connectivity index (χ0n) is 9.78. The van der Waals surface area contributed by atoms with E-state index in [-0.39, 0.29) is 11.3 Å². The summed E-state index contributed by atoms with van der Waals surface area (Å²) < 4.78 is 35.6. The lowest BCUT2D eigenvalue weighted by Crippen LogP contribution is -2.29. The molecule has 1 aromatic heterocycles. The minimum absolute atomic E-state index is 0.166. The summed E-state index contributed by atoms with van der Waals surface area (Å²) in [5, 5.41) is 0. The van der Waals surface area contributed by atoms with Crippen molar-refractivity contribution < 1.29 is 12.8 Å². The van der Waals surface area contributed by atoms with Crippen LogP contribution in [-0.4, -0.2) is 24.6 Å². The Morgan fingerprint density at radius 1 is 1.35 bits per heavy atom. The van der Waals surface area contributed by atoms with E-state index >= 15 is 0 Å². The number of aromatic nitrogens is 2. The number of para-hydroxylation sites is 1. The monoisotopic (exact) mass is 256 g/mol. The number of rotatable bonds is 2. The Balaban J connectivity index is 2.70. The third-order valence-corrected chi connectivity index (χ3v) is 5.01. The third kappa shape index (κ3) is 1.82. The molecule has 4 nitrogen and oxygen atoms in total. The molecular formula is C11H13FN2O2S. The molecule has 1 N–H and O–H groups in total. The molecule has 6 heteroatoms. The van der Waals surface area contributed by atoms with Gasteiger partial charge in [0.25, 0.3) is 0 Å². The molecule has 0 aliphatic rings. The number of nitrogens with zero attached hydrogens (tertiary/aromatic N) is 1. The summed E-state index contributed by atoms with van der Waals surface area (Å²) in [5.74, 6) is -0.214. The Morgan fingerprint density at radius 3 is 2.53 bits per heavy atom. The Kier molecular flexibility index (Phi) is 2.50. The Bertz CT molecular complexity index is 674. The van der Waals surface area contributed by atoms with Crippen LogP contribution in [0.5, 0.6) is 0 Å². The molecule has 17 heavy (non-hydrogen) atoms. The van der Waals surface area contributed by atoms with Crippen molar-refractivity contribution in [2.24, 2.45) is 0 Å². The predicted octanol–water partition coefficient (Wildman–Crippen LogP) is 1.98. The highest BCUT2D eigenvalue weighted by Gasteiger charge is 2.35. The maximum Gasteiger partial charge on any atom is 0.159 e. The lowest BCUT2D eigenvalue weighted by Gasteiger charge is -2.19. The fraction of sp³-hybridized carbons (Fsp3) is 0.364. The average molecular weight is 256 g/mol. The van der Waals surface area contributed by atoms with Crippen LogP contribution in [0.25, 0.3) is 11.0 Å². The maximum absolute atomic E-state index is 13.5. The van der Waals surface area contributed by atoms with Crippen LogP contribution in [0.3, 0.4) is 0 Å². The van der Waals surface area contributed by atoms with Gasteiger partial charge in [0.1, 0.15) is 16.1 Å². The van der Waals surface area contributed by atoms with Gasteiger partial charge in [-0.3, -0.25) is 0 Å². The van der Waals surface area contributed by atoms with Gasteiger partial charge in [0, 0.05) is 6.26 Å². The molecule has 2 aromatic rings. The van der Waals surface area contributed by atoms with E-state index in [0.29, 0.717) is 5.52 Å². The van der Waals surface area contributed by atoms with Crippen molar-refractivity contribution in [2.75, 3.05) is 6.26 Å². The average Bonchev–Trinajstić information content (AvgIpc) is 2.61. The van der Waals surface area contributed by atoms with Crippen LogP contribution in [0.15, 0.2) is 18.2 Å². The highest BCUT2D eigenvalue weighted by Crippen LogP contribution is 2.28. The molecule has 0 aliphatic carbocycles. The summed E-state index contributed by atoms with van der Waals surface area (Å²) in [6.45, 7) is 3.08. The summed E-state index contributed by atoms with van der Waals surface area (Å²) >= 11 is 0. The molecule has 2 rings (SSSR count). The fourth-order valence-electron chi connectivity index (χ4n) is 1.46. The summed E-state index contributed by atoms with van der Waals surface area (Å²) in [6, 6.07) is 4.50. The van der Waals surface area contributed by atoms with E-state index in [1.54, 1.807) is 12.1 Å². The van der Waals surface area contributed by atoms with Gasteiger partial charge in [-0.25, -0.2) is 17.8 Å². The molecule has 0 amide bonds. The number of halogens is 1. The number of nitrogens with one attached hydrogen (secondary N) is 1. The van der Waals surface area contributed by atoms with Crippen molar-refractivity contribution >= 4 is 20.9 Å². The molecule has 0 radical (unpaired) electrons. The fourth-order valence-corrected chi connectivity index (χ4v) is 1.91. The van der Waals surface area contributed by atoms with Crippen LogP contribution >= 0.6 is 0 Å². The number of hydrogen-bond donors (Lipinski definition) is 1. The number of hydrogen-bond acceptors (Lipinski definition) is 3. The van der Waals surface area contributed by atoms with Crippen molar-refractivity contribution in [3.8, 4) is 0 Å². The Labute approximate surface area is 98.8 Å². The molecule has 0 spiro atoms. The first-order valence-electron chi connectivity index (χ1n) is 5.08. The van der Waals surface area contributed by atoms with E-state index in [4.69, 9.17) is 0 Å². The molecule has 0 saturated heterocycles. The van der Waals surface area contributed by atoms with E-state index in [0.717, 1.165) is 6.26 Å². The van der Waals surface area contributed by atoms with Gasteiger partial charge in [0.2, 0.25) is 0 Å². The molecule has 0 atom stereocenters. The van der Waals surface area contributed by atoms with Crippen molar-refractivity contribution in [2.45, 2.75) is 18.6 Å². The molecule has 0 aliphatic heterocycles. The second-order valence-corrected chi connectivity index (χ2v) is 7.07. The van der Waals surface area contributed by atoms with E-state index in [9.17, 15) is 12.8 Å². The summed E-state index contributed by atoms with van der Waals surface area (Å²) in [5.41, 5.74) is 0.663. The number of benzene rings is 1. The third-order valence-electron chi connectivity index (χ3n) is 2.96. The smallest absolute Gasteiger partial charge is 0.159 e. The van der Waals surface area contributed by atoms with Gasteiger partial charge in [-0.05, 0) is 26.0 Å². The minimum atomic E-state index is -3.33. The van der Waals surface area contributed by atoms with E-state index in [1.807, 2.05) is 0 Å². The molecule has 0 bridgehead atoms. The van der Waals surface area contributed by atoms with Crippen molar-refractivity contribution in [1.82, 2.24) is 9.97 Å². The second-order valence-electron chi connectivity index (χ2n) is 4.50. The Hall–Kier alpha value is -1.43. The maximum atomic E-state index is 13.5. The van der Waals surface area contributed by atoms with E-state index in [1.165, 1.54) is 19.9 Å². The molecule has 1 aromatic carbocycles. The number of H-pyrrole nitrogens is 1. The molecular weight excluding hydrogens is 243 g/mol. The SMILES string of the molecule is CC(C)(c1nc2c(F)cccc2[nH]1)S(C)(=O)=O. The van der Waals surface area contributed by atoms with Gasteiger partial charge in [-0.2, -0.15) is 0 Å². The van der Waals surface area contributed by atoms with Gasteiger partial charge in [-0.1, -0.05) is 6.07 Å². The lowest BCUT2D eigenvalue weighted by molar-refractivity contribution is 0.552. The Morgan fingerprint density at radius 2 is 2.00 bits per heavy atom. The van der Waals surface area contributed by atoms with Crippen LogP contribution in [0.2, 0.25) is 0 Å². The van der Waals surface area contributed by atoms with Crippen molar-refractivity contribution in [3.63, 3.8) is 0 Å². The number of aromatic amines is 1. The van der Waals surface area contributed by atoms with Gasteiger partial charge in [0.15, 0.2) is 15.7 Å². The predicted molar refractivity (Wildman–Crippen MR) is 63.9 cm³/mol. The zero-order chi connectivity index (χ0) is 12.8. The van der Waals surface area contributed by atoms with Crippen molar-refractivity contribution in [3.05, 3.63) is 29.8 Å². The molecule has 92 valence electrons. The quantitative estimate of drug-likeness (QED) is 0.893. The molecule has 0 saturated carbocycles. The normalized spacial score (nSPS) is 13.2. The summed E-state index contributed by atoms with van der Waals surface area (Å²) in [4.78, 5) is 6.89. The minimum Gasteiger partial charge on any atom is -0.341 e. The number of imidazole rings is 1. The summed E-state index contributed by atoms with van der Waals surface area (Å²) in [7, 11) is -3.33. The number of sulfone groups is 1. The first kappa shape index (κ1) is 12.0. The first-order chi connectivity index (χ1) is 7.73. The van der Waals surface area contributed by atoms with Crippen LogP contribution in [0, 0.1) is 5.82 Å². The zero-order valence-corrected chi connectivity index (χ0v) is 10.6. The van der Waals surface area contributed by atoms with Gasteiger partial charge < -0.3 is 4.98 Å². The van der Waals surface area contributed by atoms with Crippen LogP contribution in [0.1, 0.15) is 19.7 Å². The largest absolute Gasteiger partial charge is 0.341 e. The van der Waals surface area contributed by atoms with Crippen molar-refractivity contribution in [1.29, 1.82) is 0 Å². The van der Waals surface area contributed by atoms with Gasteiger partial charge in [-0.15, -0.1) is 0 Å². The topological polar surface area (TPSA) is 62.8 Å². The molecule has 1 heterocycles. The highest BCUT2D eigenvalue weighted by atomic mass is 32.2. The molecule has 0 fully saturated rings. The lowest BCUT2D eigenvalue weighted by atomic mass is 10.2. The van der Waals surface area contributed by atoms with Gasteiger partial charge >= 0.3 is 0 Å². The highest BCUT2D eigenvalue weighted by molar-refractivity contribution is 7.91. The van der Waals surface area contributed by atoms with E-state index < -0.39 is 20.4 Å². The number of fused-ring (bicyclic) bond motifs is 1. The first-order valence-corrected chi connectivity index (χ1v) is 6.97. The van der Waals surface area contributed by atoms with Crippen LogP contribution in [-0.2, 0) is 14.6 Å². The standard InChI is InChI=1S/C11H13FN2O2S/c1-11(2,17(3,15)16)10-13-8-6-4-5-7(12)9(8)14-10/h4-6H,1-3H3,(H,13,14). The van der Waals surface area contributed by atoms with Gasteiger partial charge in [0.05, 0.1) is 5.52 Å².